The van der Waals surface area contributed by atoms with Gasteiger partial charge in [-0.15, -0.1) is 0 Å². The van der Waals surface area contributed by atoms with Crippen LogP contribution in [0.25, 0.3) is 12.2 Å². The van der Waals surface area contributed by atoms with Crippen molar-refractivity contribution in [1.29, 1.82) is 0 Å². The number of halogens is 6. The van der Waals surface area contributed by atoms with E-state index in [-0.39, 0.29) is 48.8 Å². The number of amides is 2. The van der Waals surface area contributed by atoms with Crippen molar-refractivity contribution < 1.29 is 50.7 Å². The summed E-state index contributed by atoms with van der Waals surface area (Å²) < 4.78 is 84.8. The third-order valence-corrected chi connectivity index (χ3v) is 6.60. The van der Waals surface area contributed by atoms with Crippen molar-refractivity contribution in [2.75, 3.05) is 6.61 Å². The van der Waals surface area contributed by atoms with Crippen LogP contribution in [0.15, 0.2) is 72.3 Å². The molecule has 0 spiro atoms. The van der Waals surface area contributed by atoms with E-state index in [1.165, 1.54) is 23.7 Å². The molecule has 0 bridgehead atoms. The Kier molecular flexibility index (Phi) is 9.58. The van der Waals surface area contributed by atoms with Gasteiger partial charge in [0.2, 0.25) is 0 Å². The van der Waals surface area contributed by atoms with E-state index < -0.39 is 41.1 Å². The van der Waals surface area contributed by atoms with E-state index >= 15 is 0 Å². The highest BCUT2D eigenvalue weighted by atomic mass is 19.4. The lowest BCUT2D eigenvalue weighted by molar-refractivity contribution is -0.143. The largest absolute Gasteiger partial charge is 0.484 e. The van der Waals surface area contributed by atoms with Crippen LogP contribution in [0, 0.1) is 0 Å². The number of carbonyl (C=O) groups is 3. The first-order valence-corrected chi connectivity index (χ1v) is 13.0. The molecular formula is C31H24F6N2O5. The number of carbonyl (C=O) groups excluding carboxylic acids is 3. The summed E-state index contributed by atoms with van der Waals surface area (Å²) in [5.74, 6) is -1.32. The number of Topliss-reactive ketones (excluding diaryl/α,β-unsaturated/α-hetero) is 1. The average molecular weight is 619 g/mol. The van der Waals surface area contributed by atoms with E-state index in [2.05, 4.69) is 5.32 Å². The topological polar surface area (TPSA) is 105 Å². The molecule has 2 amide bonds. The first kappa shape index (κ1) is 32.0. The summed E-state index contributed by atoms with van der Waals surface area (Å²) >= 11 is 0. The lowest BCUT2D eigenvalue weighted by atomic mass is 9.85. The van der Waals surface area contributed by atoms with Gasteiger partial charge in [-0.2, -0.15) is 26.3 Å². The smallest absolute Gasteiger partial charge is 0.416 e. The Balaban J connectivity index is 1.37. The number of hydroxylamine groups is 1. The second-order valence-electron chi connectivity index (χ2n) is 9.77. The Labute approximate surface area is 246 Å². The molecule has 0 saturated heterocycles. The molecule has 13 heteroatoms. The second kappa shape index (κ2) is 13.2. The van der Waals surface area contributed by atoms with Gasteiger partial charge < -0.3 is 10.1 Å². The zero-order valence-electron chi connectivity index (χ0n) is 22.7. The van der Waals surface area contributed by atoms with Gasteiger partial charge in [-0.3, -0.25) is 19.6 Å². The predicted molar refractivity (Wildman–Crippen MR) is 146 cm³/mol. The SMILES string of the molecule is O=C(/C=C/c1ccc(CNC(=O)COc2ccc3c(c2)CCC(=Cc2cc(C(F)(F)F)cc(C(F)(F)F)c2)C3=O)cc1)NO. The molecule has 0 unspecified atom stereocenters. The summed E-state index contributed by atoms with van der Waals surface area (Å²) in [5.41, 5.74) is 0.506. The van der Waals surface area contributed by atoms with Crippen molar-refractivity contribution in [2.24, 2.45) is 0 Å². The molecule has 0 aromatic heterocycles. The van der Waals surface area contributed by atoms with E-state index in [1.54, 1.807) is 30.3 Å². The standard InChI is InChI=1S/C31H24F6N2O5/c32-30(33,34)23-12-20(13-24(15-23)31(35,36)37)11-22-7-6-21-14-25(8-9-26(21)29(22)42)44-17-28(41)38-16-19-3-1-18(2-4-19)5-10-27(40)39-43/h1-5,8-15,43H,6-7,16-17H2,(H,38,41)(H,39,40)/b10-5+,22-11?. The van der Waals surface area contributed by atoms with Gasteiger partial charge in [0.05, 0.1) is 11.1 Å². The van der Waals surface area contributed by atoms with Crippen LogP contribution in [0.4, 0.5) is 26.3 Å². The number of nitrogens with one attached hydrogen (secondary N) is 2. The molecule has 230 valence electrons. The van der Waals surface area contributed by atoms with Gasteiger partial charge in [0.25, 0.3) is 11.8 Å². The number of aryl methyl sites for hydroxylation is 1. The number of benzene rings is 3. The van der Waals surface area contributed by atoms with Crippen LogP contribution in [0.5, 0.6) is 5.75 Å². The Morgan fingerprint density at radius 3 is 2.14 bits per heavy atom. The lowest BCUT2D eigenvalue weighted by Gasteiger charge is -2.19. The highest BCUT2D eigenvalue weighted by molar-refractivity contribution is 6.13. The molecule has 44 heavy (non-hydrogen) atoms. The molecule has 3 N–H and O–H groups in total. The zero-order chi connectivity index (χ0) is 32.1. The van der Waals surface area contributed by atoms with Gasteiger partial charge in [0.1, 0.15) is 5.75 Å². The molecular weight excluding hydrogens is 594 g/mol. The minimum absolute atomic E-state index is 0.0306. The van der Waals surface area contributed by atoms with Crippen molar-refractivity contribution in [3.63, 3.8) is 0 Å². The monoisotopic (exact) mass is 618 g/mol. The van der Waals surface area contributed by atoms with Gasteiger partial charge in [-0.05, 0) is 83.6 Å². The first-order valence-electron chi connectivity index (χ1n) is 13.0. The van der Waals surface area contributed by atoms with Crippen molar-refractivity contribution >= 4 is 29.7 Å². The third-order valence-electron chi connectivity index (χ3n) is 6.60. The normalized spacial score (nSPS) is 14.4. The maximum absolute atomic E-state index is 13.2. The second-order valence-corrected chi connectivity index (χ2v) is 9.77. The Morgan fingerprint density at radius 2 is 1.52 bits per heavy atom. The minimum Gasteiger partial charge on any atom is -0.484 e. The number of hydrogen-bond donors (Lipinski definition) is 3. The maximum Gasteiger partial charge on any atom is 0.416 e. The third kappa shape index (κ3) is 8.34. The molecule has 0 saturated carbocycles. The molecule has 1 aliphatic rings. The predicted octanol–water partition coefficient (Wildman–Crippen LogP) is 6.15. The fourth-order valence-corrected chi connectivity index (χ4v) is 4.40. The van der Waals surface area contributed by atoms with Gasteiger partial charge in [-0.1, -0.05) is 24.3 Å². The van der Waals surface area contributed by atoms with Crippen molar-refractivity contribution in [3.8, 4) is 5.75 Å². The highest BCUT2D eigenvalue weighted by Crippen LogP contribution is 2.37. The molecule has 0 atom stereocenters. The van der Waals surface area contributed by atoms with Gasteiger partial charge >= 0.3 is 12.4 Å². The Bertz CT molecular complexity index is 1590. The molecule has 1 aliphatic carbocycles. The molecule has 0 aliphatic heterocycles. The van der Waals surface area contributed by atoms with E-state index in [1.807, 2.05) is 0 Å². The van der Waals surface area contributed by atoms with Crippen LogP contribution in [-0.2, 0) is 34.9 Å². The minimum atomic E-state index is -5.00. The van der Waals surface area contributed by atoms with Gasteiger partial charge in [0, 0.05) is 23.8 Å². The zero-order valence-corrected chi connectivity index (χ0v) is 22.7. The van der Waals surface area contributed by atoms with Crippen LogP contribution in [0.3, 0.4) is 0 Å². The van der Waals surface area contributed by atoms with Gasteiger partial charge in [-0.25, -0.2) is 5.48 Å². The Hall–Kier alpha value is -4.91. The lowest BCUT2D eigenvalue weighted by Crippen LogP contribution is -2.28. The fourth-order valence-electron chi connectivity index (χ4n) is 4.40. The maximum atomic E-state index is 13.2. The molecule has 0 radical (unpaired) electrons. The van der Waals surface area contributed by atoms with Crippen LogP contribution in [-0.4, -0.2) is 29.4 Å². The molecule has 0 fully saturated rings. The fraction of sp³-hybridized carbons (Fsp3) is 0.194. The summed E-state index contributed by atoms with van der Waals surface area (Å²) in [7, 11) is 0. The number of alkyl halides is 6. The van der Waals surface area contributed by atoms with Crippen molar-refractivity contribution in [1.82, 2.24) is 10.8 Å². The average Bonchev–Trinajstić information content (AvgIpc) is 2.98. The number of ether oxygens (including phenoxy) is 1. The summed E-state index contributed by atoms with van der Waals surface area (Å²) in [6, 6.07) is 12.5. The van der Waals surface area contributed by atoms with E-state index in [4.69, 9.17) is 9.94 Å². The van der Waals surface area contributed by atoms with Crippen molar-refractivity contribution in [2.45, 2.75) is 31.7 Å². The molecule has 3 aromatic rings. The van der Waals surface area contributed by atoms with Crippen LogP contribution in [0.1, 0.15) is 50.2 Å². The van der Waals surface area contributed by atoms with E-state index in [0.717, 1.165) is 17.7 Å². The van der Waals surface area contributed by atoms with Crippen molar-refractivity contribution in [3.05, 3.63) is 111 Å². The quantitative estimate of drug-likeness (QED) is 0.122. The first-order chi connectivity index (χ1) is 20.7. The van der Waals surface area contributed by atoms with Gasteiger partial charge in [0.15, 0.2) is 12.4 Å². The number of hydrogen-bond acceptors (Lipinski definition) is 5. The van der Waals surface area contributed by atoms with Crippen LogP contribution < -0.4 is 15.5 Å². The number of ketones is 1. The summed E-state index contributed by atoms with van der Waals surface area (Å²) in [6.07, 6.45) is -5.96. The summed E-state index contributed by atoms with van der Waals surface area (Å²) in [4.78, 5) is 36.4. The summed E-state index contributed by atoms with van der Waals surface area (Å²) in [6.45, 7) is -0.125. The molecule has 7 nitrogen and oxygen atoms in total. The Morgan fingerprint density at radius 1 is 0.864 bits per heavy atom. The number of fused-ring (bicyclic) bond motifs is 1. The molecule has 3 aromatic carbocycles. The number of allylic oxidation sites excluding steroid dienone is 1. The van der Waals surface area contributed by atoms with Crippen LogP contribution >= 0.6 is 0 Å². The number of rotatable bonds is 8. The van der Waals surface area contributed by atoms with E-state index in [0.29, 0.717) is 29.0 Å². The molecule has 0 heterocycles. The van der Waals surface area contributed by atoms with Crippen LogP contribution in [0.2, 0.25) is 0 Å². The summed E-state index contributed by atoms with van der Waals surface area (Å²) in [5, 5.41) is 11.2. The molecule has 4 rings (SSSR count). The highest BCUT2D eigenvalue weighted by Gasteiger charge is 2.37. The van der Waals surface area contributed by atoms with E-state index in [9.17, 15) is 40.7 Å².